The van der Waals surface area contributed by atoms with Crippen molar-refractivity contribution in [3.63, 3.8) is 0 Å². The molecule has 2 aromatic rings. The van der Waals surface area contributed by atoms with Gasteiger partial charge in [-0.25, -0.2) is 4.79 Å². The van der Waals surface area contributed by atoms with E-state index in [-0.39, 0.29) is 17.8 Å². The smallest absolute Gasteiger partial charge is 0.408 e. The lowest BCUT2D eigenvalue weighted by atomic mass is 9.66. The highest BCUT2D eigenvalue weighted by atomic mass is 16.4. The van der Waals surface area contributed by atoms with E-state index in [1.165, 1.54) is 11.0 Å². The van der Waals surface area contributed by atoms with Crippen LogP contribution in [0, 0.1) is 5.41 Å². The van der Waals surface area contributed by atoms with Crippen LogP contribution < -0.4 is 5.76 Å². The molecule has 0 radical (unpaired) electrons. The number of aryl methyl sites for hydroxylation is 1. The predicted molar refractivity (Wildman–Crippen MR) is 68.5 cm³/mol. The second-order valence-corrected chi connectivity index (χ2v) is 5.42. The summed E-state index contributed by atoms with van der Waals surface area (Å²) in [4.78, 5) is 11.4. The molecule has 1 aliphatic rings. The molecule has 3 rings (SSSR count). The standard InChI is InChI=1S/C14H17NO3/c1-15-11-4-3-10(7-12(11)18-13(15)17)8-14(9-16)5-2-6-14/h3-4,7,16H,2,5-6,8-9H2,1H3. The summed E-state index contributed by atoms with van der Waals surface area (Å²) in [5, 5.41) is 9.48. The number of aliphatic hydroxyl groups is 1. The molecule has 18 heavy (non-hydrogen) atoms. The van der Waals surface area contributed by atoms with E-state index in [0.717, 1.165) is 30.3 Å². The first-order chi connectivity index (χ1) is 8.63. The lowest BCUT2D eigenvalue weighted by Gasteiger charge is -2.40. The van der Waals surface area contributed by atoms with Crippen molar-refractivity contribution in [3.05, 3.63) is 34.3 Å². The minimum absolute atomic E-state index is 0.0583. The van der Waals surface area contributed by atoms with Crippen molar-refractivity contribution < 1.29 is 9.52 Å². The van der Waals surface area contributed by atoms with E-state index >= 15 is 0 Å². The van der Waals surface area contributed by atoms with E-state index in [0.29, 0.717) is 5.58 Å². The van der Waals surface area contributed by atoms with Gasteiger partial charge in [0.1, 0.15) is 0 Å². The molecular weight excluding hydrogens is 230 g/mol. The van der Waals surface area contributed by atoms with Gasteiger partial charge >= 0.3 is 5.76 Å². The Morgan fingerprint density at radius 1 is 1.44 bits per heavy atom. The second-order valence-electron chi connectivity index (χ2n) is 5.42. The molecule has 96 valence electrons. The van der Waals surface area contributed by atoms with Crippen molar-refractivity contribution in [2.24, 2.45) is 12.5 Å². The van der Waals surface area contributed by atoms with Crippen LogP contribution >= 0.6 is 0 Å². The van der Waals surface area contributed by atoms with Crippen LogP contribution in [0.2, 0.25) is 0 Å². The number of aromatic nitrogens is 1. The normalized spacial score (nSPS) is 17.9. The Kier molecular flexibility index (Phi) is 2.55. The minimum Gasteiger partial charge on any atom is -0.408 e. The molecule has 1 fully saturated rings. The van der Waals surface area contributed by atoms with Gasteiger partial charge < -0.3 is 9.52 Å². The number of nitrogens with zero attached hydrogens (tertiary/aromatic N) is 1. The van der Waals surface area contributed by atoms with Gasteiger partial charge in [-0.15, -0.1) is 0 Å². The van der Waals surface area contributed by atoms with Crippen molar-refractivity contribution in [1.82, 2.24) is 4.57 Å². The van der Waals surface area contributed by atoms with Crippen LogP contribution in [0.3, 0.4) is 0 Å². The highest BCUT2D eigenvalue weighted by molar-refractivity contribution is 5.73. The molecule has 1 aromatic carbocycles. The first-order valence-electron chi connectivity index (χ1n) is 6.33. The Labute approximate surface area is 105 Å². The SMILES string of the molecule is Cn1c(=O)oc2cc(CC3(CO)CCC3)ccc21. The fourth-order valence-electron chi connectivity index (χ4n) is 2.79. The van der Waals surface area contributed by atoms with E-state index in [4.69, 9.17) is 4.42 Å². The summed E-state index contributed by atoms with van der Waals surface area (Å²) in [6.07, 6.45) is 4.22. The number of benzene rings is 1. The Morgan fingerprint density at radius 2 is 2.22 bits per heavy atom. The molecule has 0 bridgehead atoms. The highest BCUT2D eigenvalue weighted by Crippen LogP contribution is 2.43. The van der Waals surface area contributed by atoms with Gasteiger partial charge in [-0.2, -0.15) is 0 Å². The molecule has 0 atom stereocenters. The number of rotatable bonds is 3. The number of aliphatic hydroxyl groups excluding tert-OH is 1. The lowest BCUT2D eigenvalue weighted by Crippen LogP contribution is -2.35. The van der Waals surface area contributed by atoms with Crippen molar-refractivity contribution in [2.75, 3.05) is 6.61 Å². The molecule has 4 heteroatoms. The van der Waals surface area contributed by atoms with Crippen LogP contribution in [0.5, 0.6) is 0 Å². The molecule has 1 heterocycles. The zero-order valence-electron chi connectivity index (χ0n) is 10.5. The Bertz CT molecular complexity index is 629. The molecule has 0 unspecified atom stereocenters. The van der Waals surface area contributed by atoms with Crippen LogP contribution in [0.25, 0.3) is 11.1 Å². The molecule has 1 aliphatic carbocycles. The molecule has 1 saturated carbocycles. The number of fused-ring (bicyclic) bond motifs is 1. The second kappa shape index (κ2) is 3.99. The average Bonchev–Trinajstić information content (AvgIpc) is 2.60. The lowest BCUT2D eigenvalue weighted by molar-refractivity contribution is 0.0450. The maximum absolute atomic E-state index is 11.4. The Morgan fingerprint density at radius 3 is 2.83 bits per heavy atom. The summed E-state index contributed by atoms with van der Waals surface area (Å²) in [6.45, 7) is 0.240. The van der Waals surface area contributed by atoms with E-state index in [1.807, 2.05) is 18.2 Å². The largest absolute Gasteiger partial charge is 0.419 e. The zero-order valence-corrected chi connectivity index (χ0v) is 10.5. The van der Waals surface area contributed by atoms with Crippen LogP contribution in [0.4, 0.5) is 0 Å². The van der Waals surface area contributed by atoms with Gasteiger partial charge in [0.05, 0.1) is 5.52 Å². The molecule has 0 aliphatic heterocycles. The van der Waals surface area contributed by atoms with Gasteiger partial charge in [0.15, 0.2) is 5.58 Å². The summed E-state index contributed by atoms with van der Waals surface area (Å²) < 4.78 is 6.69. The van der Waals surface area contributed by atoms with Gasteiger partial charge in [-0.05, 0) is 42.4 Å². The van der Waals surface area contributed by atoms with E-state index in [9.17, 15) is 9.90 Å². The average molecular weight is 247 g/mol. The maximum atomic E-state index is 11.4. The molecule has 1 aromatic heterocycles. The van der Waals surface area contributed by atoms with E-state index in [1.54, 1.807) is 7.05 Å². The summed E-state index contributed by atoms with van der Waals surface area (Å²) in [5.74, 6) is -0.331. The zero-order chi connectivity index (χ0) is 12.8. The fraction of sp³-hybridized carbons (Fsp3) is 0.500. The number of oxazole rings is 1. The van der Waals surface area contributed by atoms with Crippen LogP contribution in [0.1, 0.15) is 24.8 Å². The molecule has 1 N–H and O–H groups in total. The van der Waals surface area contributed by atoms with Crippen molar-refractivity contribution >= 4 is 11.1 Å². The molecule has 0 spiro atoms. The van der Waals surface area contributed by atoms with Crippen LogP contribution in [0.15, 0.2) is 27.4 Å². The maximum Gasteiger partial charge on any atom is 0.419 e. The van der Waals surface area contributed by atoms with Gasteiger partial charge in [-0.1, -0.05) is 12.5 Å². The van der Waals surface area contributed by atoms with Crippen molar-refractivity contribution in [2.45, 2.75) is 25.7 Å². The first kappa shape index (κ1) is 11.5. The summed E-state index contributed by atoms with van der Waals surface area (Å²) in [6, 6.07) is 5.86. The van der Waals surface area contributed by atoms with Gasteiger partial charge in [-0.3, -0.25) is 4.57 Å². The van der Waals surface area contributed by atoms with Gasteiger partial charge in [0, 0.05) is 13.7 Å². The highest BCUT2D eigenvalue weighted by Gasteiger charge is 2.36. The van der Waals surface area contributed by atoms with Gasteiger partial charge in [0.25, 0.3) is 0 Å². The van der Waals surface area contributed by atoms with Crippen molar-refractivity contribution in [1.29, 1.82) is 0 Å². The molecule has 4 nitrogen and oxygen atoms in total. The summed E-state index contributed by atoms with van der Waals surface area (Å²) in [5.41, 5.74) is 2.64. The summed E-state index contributed by atoms with van der Waals surface area (Å²) >= 11 is 0. The number of hydrogen-bond donors (Lipinski definition) is 1. The monoisotopic (exact) mass is 247 g/mol. The first-order valence-corrected chi connectivity index (χ1v) is 6.33. The van der Waals surface area contributed by atoms with E-state index in [2.05, 4.69) is 0 Å². The Balaban J connectivity index is 1.96. The van der Waals surface area contributed by atoms with E-state index < -0.39 is 0 Å². The fourth-order valence-corrected chi connectivity index (χ4v) is 2.79. The third kappa shape index (κ3) is 1.68. The molecule has 0 saturated heterocycles. The van der Waals surface area contributed by atoms with Crippen LogP contribution in [-0.4, -0.2) is 16.3 Å². The third-order valence-corrected chi connectivity index (χ3v) is 4.19. The molecule has 0 amide bonds. The van der Waals surface area contributed by atoms with Gasteiger partial charge in [0.2, 0.25) is 0 Å². The third-order valence-electron chi connectivity index (χ3n) is 4.19. The van der Waals surface area contributed by atoms with Crippen LogP contribution in [-0.2, 0) is 13.5 Å². The molecular formula is C14H17NO3. The van der Waals surface area contributed by atoms with Crippen molar-refractivity contribution in [3.8, 4) is 0 Å². The Hall–Kier alpha value is -1.55. The topological polar surface area (TPSA) is 55.4 Å². The number of hydrogen-bond acceptors (Lipinski definition) is 3. The minimum atomic E-state index is -0.331. The predicted octanol–water partition coefficient (Wildman–Crippen LogP) is 1.84. The quantitative estimate of drug-likeness (QED) is 0.900. The summed E-state index contributed by atoms with van der Waals surface area (Å²) in [7, 11) is 1.70.